The first-order chi connectivity index (χ1) is 14.9. The number of ether oxygens (including phenoxy) is 2. The SMILES string of the molecule is C=CCCOc1ccc(C2CCC(OCc3ccc(C(C)O)c(F)c3)CC2)c(F)c1F. The van der Waals surface area contributed by atoms with E-state index in [2.05, 4.69) is 6.58 Å². The van der Waals surface area contributed by atoms with Crippen LogP contribution in [0.1, 0.15) is 67.7 Å². The van der Waals surface area contributed by atoms with Crippen molar-refractivity contribution in [2.75, 3.05) is 6.61 Å². The van der Waals surface area contributed by atoms with E-state index in [9.17, 15) is 18.3 Å². The lowest BCUT2D eigenvalue weighted by atomic mass is 9.82. The van der Waals surface area contributed by atoms with Crippen LogP contribution in [0, 0.1) is 17.5 Å². The monoisotopic (exact) mass is 434 g/mol. The minimum atomic E-state index is -0.942. The van der Waals surface area contributed by atoms with Crippen LogP contribution in [0.15, 0.2) is 43.0 Å². The summed E-state index contributed by atoms with van der Waals surface area (Å²) in [6.07, 6.45) is 4.16. The second-order valence-corrected chi connectivity index (χ2v) is 8.02. The van der Waals surface area contributed by atoms with Gasteiger partial charge in [-0.3, -0.25) is 0 Å². The Kier molecular flexibility index (Phi) is 8.15. The van der Waals surface area contributed by atoms with E-state index in [1.165, 1.54) is 19.1 Å². The molecule has 3 nitrogen and oxygen atoms in total. The number of hydrogen-bond acceptors (Lipinski definition) is 3. The van der Waals surface area contributed by atoms with E-state index < -0.39 is 23.6 Å². The van der Waals surface area contributed by atoms with E-state index in [4.69, 9.17) is 9.47 Å². The molecule has 0 aliphatic heterocycles. The smallest absolute Gasteiger partial charge is 0.200 e. The van der Waals surface area contributed by atoms with Crippen LogP contribution in [0.5, 0.6) is 5.75 Å². The van der Waals surface area contributed by atoms with Crippen LogP contribution in [0.4, 0.5) is 13.2 Å². The molecule has 168 valence electrons. The van der Waals surface area contributed by atoms with Gasteiger partial charge in [0, 0.05) is 5.56 Å². The summed E-state index contributed by atoms with van der Waals surface area (Å²) in [5.74, 6) is -2.38. The van der Waals surface area contributed by atoms with Crippen molar-refractivity contribution in [3.63, 3.8) is 0 Å². The molecule has 1 aliphatic rings. The van der Waals surface area contributed by atoms with Gasteiger partial charge in [-0.15, -0.1) is 6.58 Å². The van der Waals surface area contributed by atoms with Crippen molar-refractivity contribution in [3.05, 3.63) is 77.1 Å². The van der Waals surface area contributed by atoms with Crippen molar-refractivity contribution in [2.45, 2.75) is 63.8 Å². The number of aliphatic hydroxyl groups is 1. The van der Waals surface area contributed by atoms with Gasteiger partial charge in [-0.1, -0.05) is 24.3 Å². The lowest BCUT2D eigenvalue weighted by Gasteiger charge is -2.29. The molecule has 1 aliphatic carbocycles. The van der Waals surface area contributed by atoms with Gasteiger partial charge in [-0.25, -0.2) is 8.78 Å². The summed E-state index contributed by atoms with van der Waals surface area (Å²) >= 11 is 0. The summed E-state index contributed by atoms with van der Waals surface area (Å²) in [5.41, 5.74) is 1.34. The zero-order chi connectivity index (χ0) is 22.4. The Morgan fingerprint density at radius 3 is 2.48 bits per heavy atom. The molecule has 0 saturated heterocycles. The quantitative estimate of drug-likeness (QED) is 0.369. The van der Waals surface area contributed by atoms with Crippen LogP contribution >= 0.6 is 0 Å². The predicted octanol–water partition coefficient (Wildman–Crippen LogP) is 6.36. The first-order valence-corrected chi connectivity index (χ1v) is 10.7. The Hall–Kier alpha value is -2.31. The Morgan fingerprint density at radius 1 is 1.10 bits per heavy atom. The number of rotatable bonds is 9. The number of hydrogen-bond donors (Lipinski definition) is 1. The molecule has 1 unspecified atom stereocenters. The number of aliphatic hydroxyl groups excluding tert-OH is 1. The van der Waals surface area contributed by atoms with Gasteiger partial charge in [-0.2, -0.15) is 4.39 Å². The molecular formula is C25H29F3O3. The molecule has 0 radical (unpaired) electrons. The van der Waals surface area contributed by atoms with Crippen LogP contribution in [0.3, 0.4) is 0 Å². The molecule has 1 fully saturated rings. The van der Waals surface area contributed by atoms with Gasteiger partial charge in [0.05, 0.1) is 25.4 Å². The van der Waals surface area contributed by atoms with E-state index in [0.29, 0.717) is 30.4 Å². The molecule has 1 atom stereocenters. The third-order valence-electron chi connectivity index (χ3n) is 5.77. The third kappa shape index (κ3) is 5.89. The van der Waals surface area contributed by atoms with E-state index >= 15 is 0 Å². The molecule has 2 aromatic carbocycles. The highest BCUT2D eigenvalue weighted by Gasteiger charge is 2.27. The van der Waals surface area contributed by atoms with Crippen molar-refractivity contribution in [1.82, 2.24) is 0 Å². The van der Waals surface area contributed by atoms with Crippen molar-refractivity contribution >= 4 is 0 Å². The van der Waals surface area contributed by atoms with Crippen LogP contribution in [-0.2, 0) is 11.3 Å². The second-order valence-electron chi connectivity index (χ2n) is 8.02. The molecule has 1 saturated carbocycles. The highest BCUT2D eigenvalue weighted by Crippen LogP contribution is 2.37. The summed E-state index contributed by atoms with van der Waals surface area (Å²) in [4.78, 5) is 0. The molecule has 0 aromatic heterocycles. The van der Waals surface area contributed by atoms with Gasteiger partial charge < -0.3 is 14.6 Å². The van der Waals surface area contributed by atoms with Gasteiger partial charge >= 0.3 is 0 Å². The summed E-state index contributed by atoms with van der Waals surface area (Å²) in [7, 11) is 0. The predicted molar refractivity (Wildman–Crippen MR) is 113 cm³/mol. The maximum absolute atomic E-state index is 14.6. The molecule has 6 heteroatoms. The van der Waals surface area contributed by atoms with Crippen LogP contribution in [0.2, 0.25) is 0 Å². The molecule has 0 amide bonds. The highest BCUT2D eigenvalue weighted by molar-refractivity contribution is 5.33. The van der Waals surface area contributed by atoms with Crippen LogP contribution in [0.25, 0.3) is 0 Å². The Morgan fingerprint density at radius 2 is 1.84 bits per heavy atom. The average Bonchev–Trinajstić information content (AvgIpc) is 2.76. The average molecular weight is 434 g/mol. The van der Waals surface area contributed by atoms with Gasteiger partial charge in [-0.05, 0) is 68.2 Å². The standard InChI is InChI=1S/C25H29F3O3/c1-3-4-13-30-23-12-11-21(24(27)25(23)28)18-6-8-19(9-7-18)31-15-17-5-10-20(16(2)29)22(26)14-17/h3,5,10-12,14,16,18-19,29H,1,4,6-9,13,15H2,2H3. The molecular weight excluding hydrogens is 405 g/mol. The lowest BCUT2D eigenvalue weighted by Crippen LogP contribution is -2.21. The molecule has 2 aromatic rings. The molecule has 1 N–H and O–H groups in total. The second kappa shape index (κ2) is 10.8. The largest absolute Gasteiger partial charge is 0.490 e. The fourth-order valence-corrected chi connectivity index (χ4v) is 3.98. The Labute approximate surface area is 181 Å². The molecule has 0 spiro atoms. The van der Waals surface area contributed by atoms with Crippen molar-refractivity contribution < 1.29 is 27.8 Å². The van der Waals surface area contributed by atoms with E-state index in [1.54, 1.807) is 24.3 Å². The van der Waals surface area contributed by atoms with E-state index in [1.807, 2.05) is 0 Å². The normalized spacial score (nSPS) is 19.8. The minimum Gasteiger partial charge on any atom is -0.490 e. The van der Waals surface area contributed by atoms with Crippen LogP contribution < -0.4 is 4.74 Å². The first-order valence-electron chi connectivity index (χ1n) is 10.7. The zero-order valence-electron chi connectivity index (χ0n) is 17.8. The van der Waals surface area contributed by atoms with E-state index in [0.717, 1.165) is 12.8 Å². The summed E-state index contributed by atoms with van der Waals surface area (Å²) in [5, 5.41) is 9.52. The van der Waals surface area contributed by atoms with Crippen molar-refractivity contribution in [3.8, 4) is 5.75 Å². The summed E-state index contributed by atoms with van der Waals surface area (Å²) in [6, 6.07) is 7.79. The maximum atomic E-state index is 14.6. The minimum absolute atomic E-state index is 0.00910. The van der Waals surface area contributed by atoms with Gasteiger partial charge in [0.25, 0.3) is 0 Å². The van der Waals surface area contributed by atoms with Crippen molar-refractivity contribution in [1.29, 1.82) is 0 Å². The van der Waals surface area contributed by atoms with Gasteiger partial charge in [0.2, 0.25) is 5.82 Å². The number of halogens is 3. The molecule has 31 heavy (non-hydrogen) atoms. The topological polar surface area (TPSA) is 38.7 Å². The zero-order valence-corrected chi connectivity index (χ0v) is 17.8. The van der Waals surface area contributed by atoms with Gasteiger partial charge in [0.1, 0.15) is 5.82 Å². The first kappa shape index (κ1) is 23.4. The Balaban J connectivity index is 1.53. The molecule has 0 bridgehead atoms. The maximum Gasteiger partial charge on any atom is 0.200 e. The fourth-order valence-electron chi connectivity index (χ4n) is 3.98. The van der Waals surface area contributed by atoms with Crippen molar-refractivity contribution in [2.24, 2.45) is 0 Å². The Bertz CT molecular complexity index is 890. The third-order valence-corrected chi connectivity index (χ3v) is 5.77. The van der Waals surface area contributed by atoms with Crippen LogP contribution in [-0.4, -0.2) is 17.8 Å². The molecule has 0 heterocycles. The van der Waals surface area contributed by atoms with E-state index in [-0.39, 0.29) is 36.5 Å². The summed E-state index contributed by atoms with van der Waals surface area (Å²) in [6.45, 7) is 5.62. The number of benzene rings is 2. The highest BCUT2D eigenvalue weighted by atomic mass is 19.2. The molecule has 3 rings (SSSR count). The lowest BCUT2D eigenvalue weighted by molar-refractivity contribution is 0.0129. The summed E-state index contributed by atoms with van der Waals surface area (Å²) < 4.78 is 54.1. The van der Waals surface area contributed by atoms with Gasteiger partial charge in [0.15, 0.2) is 11.6 Å². The fraction of sp³-hybridized carbons (Fsp3) is 0.440.